The molecule has 0 spiro atoms. The van der Waals surface area contributed by atoms with Crippen molar-refractivity contribution in [2.45, 2.75) is 6.18 Å². The molecule has 4 aromatic rings. The van der Waals surface area contributed by atoms with Crippen molar-refractivity contribution < 1.29 is 17.9 Å². The number of benzene rings is 2. The lowest BCUT2D eigenvalue weighted by Crippen LogP contribution is -2.04. The number of hydrogen-bond donors (Lipinski definition) is 0. The van der Waals surface area contributed by atoms with Crippen LogP contribution in [0.3, 0.4) is 0 Å². The molecule has 0 amide bonds. The Morgan fingerprint density at radius 3 is 2.39 bits per heavy atom. The third-order valence-corrected chi connectivity index (χ3v) is 4.37. The van der Waals surface area contributed by atoms with E-state index in [1.807, 2.05) is 24.3 Å². The number of alkyl halides is 3. The topological polar surface area (TPSA) is 35.0 Å². The number of halogens is 4. The fraction of sp³-hybridized carbons (Fsp3) is 0.0476. The van der Waals surface area contributed by atoms with Crippen molar-refractivity contribution >= 4 is 22.4 Å². The van der Waals surface area contributed by atoms with E-state index in [1.165, 1.54) is 12.1 Å². The summed E-state index contributed by atoms with van der Waals surface area (Å²) in [6.07, 6.45) is -1.16. The predicted molar refractivity (Wildman–Crippen MR) is 102 cm³/mol. The minimum Gasteiger partial charge on any atom is -0.438 e. The van der Waals surface area contributed by atoms with Crippen LogP contribution in [0.2, 0.25) is 5.15 Å². The van der Waals surface area contributed by atoms with Crippen LogP contribution >= 0.6 is 11.6 Å². The summed E-state index contributed by atoms with van der Waals surface area (Å²) in [5.41, 5.74) is 0.813. The van der Waals surface area contributed by atoms with Crippen LogP contribution in [0.5, 0.6) is 11.6 Å². The van der Waals surface area contributed by atoms with Gasteiger partial charge in [0.1, 0.15) is 10.9 Å². The largest absolute Gasteiger partial charge is 0.438 e. The van der Waals surface area contributed by atoms with E-state index < -0.39 is 11.7 Å². The van der Waals surface area contributed by atoms with Gasteiger partial charge in [0.25, 0.3) is 0 Å². The van der Waals surface area contributed by atoms with Gasteiger partial charge in [-0.05, 0) is 59.5 Å². The highest BCUT2D eigenvalue weighted by atomic mass is 35.5. The van der Waals surface area contributed by atoms with E-state index in [9.17, 15) is 13.2 Å². The Kier molecular flexibility index (Phi) is 4.65. The van der Waals surface area contributed by atoms with Crippen molar-refractivity contribution in [1.29, 1.82) is 0 Å². The van der Waals surface area contributed by atoms with Gasteiger partial charge >= 0.3 is 6.18 Å². The van der Waals surface area contributed by atoms with Gasteiger partial charge in [-0.1, -0.05) is 23.7 Å². The Balaban J connectivity index is 1.68. The molecule has 2 aromatic heterocycles. The second kappa shape index (κ2) is 7.13. The third-order valence-electron chi connectivity index (χ3n) is 4.17. The van der Waals surface area contributed by atoms with Crippen molar-refractivity contribution in [2.75, 3.05) is 0 Å². The van der Waals surface area contributed by atoms with E-state index in [4.69, 9.17) is 16.3 Å². The predicted octanol–water partition coefficient (Wildman–Crippen LogP) is 6.76. The SMILES string of the molecule is FC(F)(F)c1ccc(Oc2ncccc2-c2ccc3cc(Cl)ncc3c2)cc1. The maximum atomic E-state index is 12.7. The zero-order valence-corrected chi connectivity index (χ0v) is 15.0. The molecule has 0 aliphatic carbocycles. The summed E-state index contributed by atoms with van der Waals surface area (Å²) >= 11 is 5.92. The number of nitrogens with zero attached hydrogens (tertiary/aromatic N) is 2. The van der Waals surface area contributed by atoms with Crippen molar-refractivity contribution in [3.63, 3.8) is 0 Å². The average molecular weight is 401 g/mol. The first-order valence-corrected chi connectivity index (χ1v) is 8.64. The fourth-order valence-corrected chi connectivity index (χ4v) is 2.96. The molecule has 3 nitrogen and oxygen atoms in total. The highest BCUT2D eigenvalue weighted by Gasteiger charge is 2.30. The molecule has 0 aliphatic rings. The highest BCUT2D eigenvalue weighted by molar-refractivity contribution is 6.30. The lowest BCUT2D eigenvalue weighted by atomic mass is 10.0. The van der Waals surface area contributed by atoms with Crippen LogP contribution in [0.15, 0.2) is 73.1 Å². The van der Waals surface area contributed by atoms with E-state index in [-0.39, 0.29) is 5.75 Å². The van der Waals surface area contributed by atoms with Gasteiger partial charge in [-0.15, -0.1) is 0 Å². The van der Waals surface area contributed by atoms with Crippen LogP contribution < -0.4 is 4.74 Å². The zero-order valence-electron chi connectivity index (χ0n) is 14.2. The van der Waals surface area contributed by atoms with Crippen molar-refractivity contribution in [3.05, 3.63) is 83.8 Å². The average Bonchev–Trinajstić information content (AvgIpc) is 2.68. The van der Waals surface area contributed by atoms with E-state index >= 15 is 0 Å². The number of hydrogen-bond acceptors (Lipinski definition) is 3. The van der Waals surface area contributed by atoms with Crippen molar-refractivity contribution in [1.82, 2.24) is 9.97 Å². The second-order valence-corrected chi connectivity index (χ2v) is 6.44. The van der Waals surface area contributed by atoms with E-state index in [0.29, 0.717) is 16.6 Å². The Morgan fingerprint density at radius 2 is 1.64 bits per heavy atom. The lowest BCUT2D eigenvalue weighted by molar-refractivity contribution is -0.137. The number of fused-ring (bicyclic) bond motifs is 1. The van der Waals surface area contributed by atoms with Gasteiger partial charge in [0, 0.05) is 23.3 Å². The minimum atomic E-state index is -4.39. The number of ether oxygens (including phenoxy) is 1. The molecule has 0 N–H and O–H groups in total. The Hall–Kier alpha value is -3.12. The Labute approximate surface area is 163 Å². The molecule has 0 aliphatic heterocycles. The molecule has 0 unspecified atom stereocenters. The summed E-state index contributed by atoms with van der Waals surface area (Å²) in [7, 11) is 0. The van der Waals surface area contributed by atoms with E-state index in [2.05, 4.69) is 9.97 Å². The summed E-state index contributed by atoms with van der Waals surface area (Å²) in [5.74, 6) is 0.561. The van der Waals surface area contributed by atoms with Crippen LogP contribution in [0.4, 0.5) is 13.2 Å². The molecule has 2 heterocycles. The van der Waals surface area contributed by atoms with Gasteiger partial charge < -0.3 is 4.74 Å². The normalized spacial score (nSPS) is 11.6. The summed E-state index contributed by atoms with van der Waals surface area (Å²) in [6, 6.07) is 15.6. The Bertz CT molecular complexity index is 1140. The van der Waals surface area contributed by atoms with E-state index in [0.717, 1.165) is 28.5 Å². The number of aromatic nitrogens is 2. The van der Waals surface area contributed by atoms with Gasteiger partial charge in [-0.3, -0.25) is 0 Å². The molecule has 140 valence electrons. The molecule has 0 bridgehead atoms. The maximum Gasteiger partial charge on any atom is 0.416 e. The van der Waals surface area contributed by atoms with Gasteiger partial charge in [-0.2, -0.15) is 13.2 Å². The molecule has 0 fully saturated rings. The van der Waals surface area contributed by atoms with E-state index in [1.54, 1.807) is 24.5 Å². The van der Waals surface area contributed by atoms with Crippen molar-refractivity contribution in [3.8, 4) is 22.8 Å². The second-order valence-electron chi connectivity index (χ2n) is 6.05. The molecule has 0 saturated heterocycles. The molecule has 7 heteroatoms. The van der Waals surface area contributed by atoms with Crippen molar-refractivity contribution in [2.24, 2.45) is 0 Å². The monoisotopic (exact) mass is 400 g/mol. The summed E-state index contributed by atoms with van der Waals surface area (Å²) < 4.78 is 43.9. The van der Waals surface area contributed by atoms with Crippen LogP contribution in [-0.2, 0) is 6.18 Å². The number of rotatable bonds is 3. The molecular weight excluding hydrogens is 389 g/mol. The van der Waals surface area contributed by atoms with Gasteiger partial charge in [-0.25, -0.2) is 9.97 Å². The quantitative estimate of drug-likeness (QED) is 0.356. The number of pyridine rings is 2. The molecule has 0 radical (unpaired) electrons. The molecule has 28 heavy (non-hydrogen) atoms. The van der Waals surface area contributed by atoms with Gasteiger partial charge in [0.05, 0.1) is 5.56 Å². The van der Waals surface area contributed by atoms with Gasteiger partial charge in [0.2, 0.25) is 5.88 Å². The van der Waals surface area contributed by atoms with Crippen LogP contribution in [0, 0.1) is 0 Å². The molecule has 0 atom stereocenters. The zero-order chi connectivity index (χ0) is 19.7. The fourth-order valence-electron chi connectivity index (χ4n) is 2.80. The molecule has 4 rings (SSSR count). The third kappa shape index (κ3) is 3.77. The summed E-state index contributed by atoms with van der Waals surface area (Å²) in [5, 5.41) is 2.25. The van der Waals surface area contributed by atoms with Gasteiger partial charge in [0.15, 0.2) is 0 Å². The van der Waals surface area contributed by atoms with Crippen LogP contribution in [0.25, 0.3) is 21.9 Å². The lowest BCUT2D eigenvalue weighted by Gasteiger charge is -2.12. The standard InChI is InChI=1S/C21H12ClF3N2O/c22-19-11-13-3-4-14(10-15(13)12-27-19)18-2-1-9-26-20(18)28-17-7-5-16(6-8-17)21(23,24)25/h1-12H. The Morgan fingerprint density at radius 1 is 0.857 bits per heavy atom. The highest BCUT2D eigenvalue weighted by Crippen LogP contribution is 2.35. The molecule has 0 saturated carbocycles. The maximum absolute atomic E-state index is 12.7. The minimum absolute atomic E-state index is 0.266. The first-order valence-electron chi connectivity index (χ1n) is 8.26. The molecule has 2 aromatic carbocycles. The first kappa shape index (κ1) is 18.3. The molecular formula is C21H12ClF3N2O. The summed E-state index contributed by atoms with van der Waals surface area (Å²) in [6.45, 7) is 0. The summed E-state index contributed by atoms with van der Waals surface area (Å²) in [4.78, 5) is 8.32. The smallest absolute Gasteiger partial charge is 0.416 e. The van der Waals surface area contributed by atoms with Crippen LogP contribution in [0.1, 0.15) is 5.56 Å². The first-order chi connectivity index (χ1) is 13.4. The van der Waals surface area contributed by atoms with Crippen LogP contribution in [-0.4, -0.2) is 9.97 Å².